The quantitative estimate of drug-likeness (QED) is 0.690. The van der Waals surface area contributed by atoms with E-state index in [0.29, 0.717) is 5.88 Å². The van der Waals surface area contributed by atoms with Crippen molar-refractivity contribution in [2.45, 2.75) is 32.6 Å². The number of hydrogen-bond acceptors (Lipinski definition) is 2. The third-order valence-electron chi connectivity index (χ3n) is 3.40. The molecule has 0 unspecified atom stereocenters. The smallest absolute Gasteiger partial charge is 0.133 e. The summed E-state index contributed by atoms with van der Waals surface area (Å²) < 4.78 is 0. The lowest BCUT2D eigenvalue weighted by Gasteiger charge is -2.24. The summed E-state index contributed by atoms with van der Waals surface area (Å²) in [7, 11) is 0. The normalized spacial score (nSPS) is 10.6. The van der Waals surface area contributed by atoms with Crippen LogP contribution in [-0.2, 0) is 5.88 Å². The second kappa shape index (κ2) is 7.30. The Morgan fingerprint density at radius 2 is 1.85 bits per heavy atom. The van der Waals surface area contributed by atoms with Crippen LogP contribution in [0.3, 0.4) is 0 Å². The topological polar surface area (TPSA) is 16.1 Å². The van der Waals surface area contributed by atoms with Crippen LogP contribution in [0.4, 0.5) is 11.5 Å². The Morgan fingerprint density at radius 3 is 2.45 bits per heavy atom. The summed E-state index contributed by atoms with van der Waals surface area (Å²) >= 11 is 5.91. The number of anilines is 2. The van der Waals surface area contributed by atoms with Crippen LogP contribution < -0.4 is 4.90 Å². The molecule has 0 saturated carbocycles. The molecule has 1 heterocycles. The summed E-state index contributed by atoms with van der Waals surface area (Å²) in [6.45, 7) is 5.20. The van der Waals surface area contributed by atoms with Crippen molar-refractivity contribution in [3.05, 3.63) is 53.7 Å². The zero-order valence-electron chi connectivity index (χ0n) is 12.1. The van der Waals surface area contributed by atoms with Gasteiger partial charge in [-0.15, -0.1) is 11.6 Å². The molecule has 2 rings (SSSR count). The Morgan fingerprint density at radius 1 is 1.10 bits per heavy atom. The summed E-state index contributed by atoms with van der Waals surface area (Å²) in [5.74, 6) is 1.51. The van der Waals surface area contributed by atoms with E-state index in [0.717, 1.165) is 30.0 Å². The summed E-state index contributed by atoms with van der Waals surface area (Å²) in [5.41, 5.74) is 3.29. The van der Waals surface area contributed by atoms with Crippen LogP contribution in [0.2, 0.25) is 0 Å². The number of hydrogen-bond donors (Lipinski definition) is 0. The molecule has 0 fully saturated rings. The van der Waals surface area contributed by atoms with Gasteiger partial charge in [-0.2, -0.15) is 0 Å². The molecule has 0 aliphatic carbocycles. The molecule has 0 aliphatic heterocycles. The number of aryl methyl sites for hydroxylation is 1. The van der Waals surface area contributed by atoms with Gasteiger partial charge in [0.25, 0.3) is 0 Å². The molecule has 0 bridgehead atoms. The number of unbranched alkanes of at least 4 members (excludes halogenated alkanes) is 1. The highest BCUT2D eigenvalue weighted by molar-refractivity contribution is 6.17. The Balaban J connectivity index is 2.33. The first-order valence-corrected chi connectivity index (χ1v) is 7.64. The molecule has 2 aromatic rings. The van der Waals surface area contributed by atoms with E-state index in [2.05, 4.69) is 48.2 Å². The Bertz CT molecular complexity index is 540. The van der Waals surface area contributed by atoms with E-state index in [1.165, 1.54) is 12.1 Å². The Labute approximate surface area is 126 Å². The molecule has 1 aromatic heterocycles. The number of benzene rings is 1. The molecule has 0 atom stereocenters. The van der Waals surface area contributed by atoms with Crippen molar-refractivity contribution < 1.29 is 0 Å². The minimum Gasteiger partial charge on any atom is -0.326 e. The van der Waals surface area contributed by atoms with Crippen molar-refractivity contribution >= 4 is 23.1 Å². The molecule has 3 heteroatoms. The first-order chi connectivity index (χ1) is 9.76. The number of pyridine rings is 1. The fourth-order valence-electron chi connectivity index (χ4n) is 2.17. The molecule has 20 heavy (non-hydrogen) atoms. The van der Waals surface area contributed by atoms with Gasteiger partial charge < -0.3 is 4.90 Å². The number of nitrogens with zero attached hydrogens (tertiary/aromatic N) is 2. The number of para-hydroxylation sites is 1. The van der Waals surface area contributed by atoms with Crippen molar-refractivity contribution in [1.29, 1.82) is 0 Å². The van der Waals surface area contributed by atoms with Gasteiger partial charge in [0.2, 0.25) is 0 Å². The first-order valence-electron chi connectivity index (χ1n) is 7.11. The number of alkyl halides is 1. The monoisotopic (exact) mass is 288 g/mol. The number of aromatic nitrogens is 1. The predicted octanol–water partition coefficient (Wildman–Crippen LogP) is 5.07. The highest BCUT2D eigenvalue weighted by Crippen LogP contribution is 2.25. The van der Waals surface area contributed by atoms with Crippen LogP contribution in [-0.4, -0.2) is 11.5 Å². The molecular weight excluding hydrogens is 268 g/mol. The fraction of sp³-hybridized carbons (Fsp3) is 0.353. The van der Waals surface area contributed by atoms with E-state index in [9.17, 15) is 0 Å². The molecule has 1 aromatic carbocycles. The fourth-order valence-corrected chi connectivity index (χ4v) is 2.45. The molecule has 0 aliphatic rings. The minimum absolute atomic E-state index is 0.513. The van der Waals surface area contributed by atoms with Gasteiger partial charge in [0.05, 0.1) is 0 Å². The van der Waals surface area contributed by atoms with Crippen LogP contribution in [0.1, 0.15) is 31.0 Å². The molecule has 0 radical (unpaired) electrons. The summed E-state index contributed by atoms with van der Waals surface area (Å²) in [6.07, 6.45) is 2.31. The van der Waals surface area contributed by atoms with E-state index in [-0.39, 0.29) is 0 Å². The van der Waals surface area contributed by atoms with Gasteiger partial charge in [-0.25, -0.2) is 4.98 Å². The van der Waals surface area contributed by atoms with Crippen LogP contribution >= 0.6 is 11.6 Å². The molecular formula is C17H21ClN2. The Hall–Kier alpha value is -1.54. The minimum atomic E-state index is 0.513. The molecule has 0 N–H and O–H groups in total. The zero-order valence-corrected chi connectivity index (χ0v) is 12.9. The third-order valence-corrected chi connectivity index (χ3v) is 3.69. The van der Waals surface area contributed by atoms with E-state index in [1.807, 2.05) is 13.0 Å². The van der Waals surface area contributed by atoms with Gasteiger partial charge in [0.15, 0.2) is 0 Å². The second-order valence-corrected chi connectivity index (χ2v) is 5.16. The zero-order chi connectivity index (χ0) is 14.4. The maximum Gasteiger partial charge on any atom is 0.133 e. The number of halogens is 1. The van der Waals surface area contributed by atoms with Crippen LogP contribution in [0.25, 0.3) is 0 Å². The lowest BCUT2D eigenvalue weighted by Crippen LogP contribution is -2.19. The number of rotatable bonds is 6. The van der Waals surface area contributed by atoms with Gasteiger partial charge in [0.1, 0.15) is 5.82 Å². The van der Waals surface area contributed by atoms with Crippen LogP contribution in [0.5, 0.6) is 0 Å². The van der Waals surface area contributed by atoms with Crippen LogP contribution in [0, 0.1) is 6.92 Å². The van der Waals surface area contributed by atoms with Gasteiger partial charge >= 0.3 is 0 Å². The lowest BCUT2D eigenvalue weighted by molar-refractivity contribution is 0.778. The van der Waals surface area contributed by atoms with Gasteiger partial charge in [-0.1, -0.05) is 37.6 Å². The molecule has 106 valence electrons. The lowest BCUT2D eigenvalue weighted by atomic mass is 10.2. The predicted molar refractivity (Wildman–Crippen MR) is 86.9 cm³/mol. The van der Waals surface area contributed by atoms with Crippen molar-refractivity contribution in [3.8, 4) is 0 Å². The second-order valence-electron chi connectivity index (χ2n) is 4.89. The van der Waals surface area contributed by atoms with E-state index in [4.69, 9.17) is 16.6 Å². The van der Waals surface area contributed by atoms with Crippen LogP contribution in [0.15, 0.2) is 42.5 Å². The van der Waals surface area contributed by atoms with Gasteiger partial charge in [-0.05, 0) is 37.1 Å². The third kappa shape index (κ3) is 3.51. The SMILES string of the molecule is CCCCN(c1ccccc1)c1ccc(CCl)c(C)n1. The van der Waals surface area contributed by atoms with Crippen molar-refractivity contribution in [2.75, 3.05) is 11.4 Å². The highest BCUT2D eigenvalue weighted by Gasteiger charge is 2.11. The average Bonchev–Trinajstić information content (AvgIpc) is 2.49. The summed E-state index contributed by atoms with van der Waals surface area (Å²) in [5, 5.41) is 0. The average molecular weight is 289 g/mol. The Kier molecular flexibility index (Phi) is 5.42. The largest absolute Gasteiger partial charge is 0.326 e. The summed E-state index contributed by atoms with van der Waals surface area (Å²) in [4.78, 5) is 6.99. The standard InChI is InChI=1S/C17H21ClN2/c1-3-4-12-20(16-8-6-5-7-9-16)17-11-10-15(13-18)14(2)19-17/h5-11H,3-4,12-13H2,1-2H3. The maximum absolute atomic E-state index is 5.91. The highest BCUT2D eigenvalue weighted by atomic mass is 35.5. The van der Waals surface area contributed by atoms with E-state index < -0.39 is 0 Å². The van der Waals surface area contributed by atoms with Gasteiger partial charge in [0, 0.05) is 23.8 Å². The van der Waals surface area contributed by atoms with Crippen molar-refractivity contribution in [3.63, 3.8) is 0 Å². The molecule has 0 amide bonds. The first kappa shape index (κ1) is 14.9. The summed E-state index contributed by atoms with van der Waals surface area (Å²) in [6, 6.07) is 14.6. The van der Waals surface area contributed by atoms with Gasteiger partial charge in [-0.3, -0.25) is 0 Å². The van der Waals surface area contributed by atoms with E-state index in [1.54, 1.807) is 0 Å². The van der Waals surface area contributed by atoms with Crippen molar-refractivity contribution in [1.82, 2.24) is 4.98 Å². The molecule has 2 nitrogen and oxygen atoms in total. The van der Waals surface area contributed by atoms with Crippen molar-refractivity contribution in [2.24, 2.45) is 0 Å². The van der Waals surface area contributed by atoms with E-state index >= 15 is 0 Å². The maximum atomic E-state index is 5.91. The molecule has 0 saturated heterocycles. The molecule has 0 spiro atoms.